The molecule has 4 nitrogen and oxygen atoms in total. The number of rotatable bonds is 3. The largest absolute Gasteiger partial charge is 0.505 e. The third kappa shape index (κ3) is 3.23. The Kier molecular flexibility index (Phi) is 5.35. The van der Waals surface area contributed by atoms with Crippen LogP contribution in [0.5, 0.6) is 5.75 Å². The van der Waals surface area contributed by atoms with Crippen molar-refractivity contribution in [1.29, 1.82) is 0 Å². The Morgan fingerprint density at radius 2 is 2.00 bits per heavy atom. The van der Waals surface area contributed by atoms with Crippen LogP contribution in [0.3, 0.4) is 0 Å². The number of hydrogen-bond donors (Lipinski definition) is 4. The lowest BCUT2D eigenvalue weighted by Gasteiger charge is -2.13. The second kappa shape index (κ2) is 5.75. The van der Waals surface area contributed by atoms with Crippen molar-refractivity contribution in [3.05, 3.63) is 23.5 Å². The van der Waals surface area contributed by atoms with Crippen LogP contribution in [0.15, 0.2) is 12.1 Å². The maximum absolute atomic E-state index is 12.9. The number of phenols is 1. The Morgan fingerprint density at radius 1 is 1.40 bits per heavy atom. The zero-order valence-corrected chi connectivity index (χ0v) is 8.93. The number of phenolic OH excluding ortho intramolecular Hbond substituents is 1. The van der Waals surface area contributed by atoms with Crippen molar-refractivity contribution < 1.29 is 9.50 Å². The third-order valence-electron chi connectivity index (χ3n) is 2.01. The summed E-state index contributed by atoms with van der Waals surface area (Å²) >= 11 is 0. The first-order valence-corrected chi connectivity index (χ1v) is 4.29. The molecule has 0 saturated carbocycles. The maximum atomic E-state index is 12.9. The molecule has 1 rings (SSSR count). The zero-order valence-electron chi connectivity index (χ0n) is 8.11. The molecule has 15 heavy (non-hydrogen) atoms. The summed E-state index contributed by atoms with van der Waals surface area (Å²) < 4.78 is 12.9. The second-order valence-electron chi connectivity index (χ2n) is 3.12. The molecule has 0 heterocycles. The molecule has 0 saturated heterocycles. The van der Waals surface area contributed by atoms with Crippen molar-refractivity contribution in [3.63, 3.8) is 0 Å². The Bertz CT molecular complexity index is 335. The van der Waals surface area contributed by atoms with Gasteiger partial charge in [0.2, 0.25) is 0 Å². The summed E-state index contributed by atoms with van der Waals surface area (Å²) in [6.07, 6.45) is 0.469. The van der Waals surface area contributed by atoms with E-state index in [-0.39, 0.29) is 23.8 Å². The van der Waals surface area contributed by atoms with Crippen molar-refractivity contribution in [2.24, 2.45) is 11.5 Å². The number of halogens is 2. The molecular weight excluding hydrogens is 221 g/mol. The predicted molar refractivity (Wildman–Crippen MR) is 60.3 cm³/mol. The van der Waals surface area contributed by atoms with Gasteiger partial charge in [-0.15, -0.1) is 12.4 Å². The number of hydrogen-bond acceptors (Lipinski definition) is 4. The predicted octanol–water partition coefficient (Wildman–Crippen LogP) is 0.884. The van der Waals surface area contributed by atoms with Crippen LogP contribution in [0.4, 0.5) is 10.1 Å². The van der Waals surface area contributed by atoms with Crippen LogP contribution in [-0.4, -0.2) is 11.7 Å². The van der Waals surface area contributed by atoms with Gasteiger partial charge in [0.1, 0.15) is 11.6 Å². The van der Waals surface area contributed by atoms with E-state index in [0.29, 0.717) is 18.5 Å². The Labute approximate surface area is 93.7 Å². The van der Waals surface area contributed by atoms with Crippen molar-refractivity contribution in [1.82, 2.24) is 0 Å². The highest BCUT2D eigenvalue weighted by molar-refractivity contribution is 5.85. The number of aromatic hydroxyl groups is 1. The van der Waals surface area contributed by atoms with Crippen LogP contribution < -0.4 is 17.2 Å². The van der Waals surface area contributed by atoms with E-state index in [1.165, 1.54) is 6.07 Å². The lowest BCUT2D eigenvalue weighted by Crippen LogP contribution is -2.16. The van der Waals surface area contributed by atoms with Gasteiger partial charge in [0, 0.05) is 17.7 Å². The molecule has 1 aromatic rings. The fraction of sp³-hybridized carbons (Fsp3) is 0.333. The number of nitrogen functional groups attached to an aromatic ring is 1. The van der Waals surface area contributed by atoms with Gasteiger partial charge in [-0.3, -0.25) is 0 Å². The van der Waals surface area contributed by atoms with Gasteiger partial charge in [-0.25, -0.2) is 4.39 Å². The summed E-state index contributed by atoms with van der Waals surface area (Å²) in [5.41, 5.74) is 16.7. The normalized spacial score (nSPS) is 11.9. The number of benzene rings is 1. The molecule has 0 aromatic heterocycles. The lowest BCUT2D eigenvalue weighted by atomic mass is 10.0. The monoisotopic (exact) mass is 235 g/mol. The van der Waals surface area contributed by atoms with E-state index >= 15 is 0 Å². The van der Waals surface area contributed by atoms with E-state index in [2.05, 4.69) is 0 Å². The summed E-state index contributed by atoms with van der Waals surface area (Å²) in [5, 5.41) is 9.51. The van der Waals surface area contributed by atoms with Gasteiger partial charge in [-0.05, 0) is 19.0 Å². The van der Waals surface area contributed by atoms with Gasteiger partial charge in [0.25, 0.3) is 0 Å². The molecule has 86 valence electrons. The summed E-state index contributed by atoms with van der Waals surface area (Å²) in [6.45, 7) is 0.372. The average molecular weight is 236 g/mol. The molecule has 0 radical (unpaired) electrons. The van der Waals surface area contributed by atoms with E-state index in [1.54, 1.807) is 0 Å². The molecule has 0 amide bonds. The van der Waals surface area contributed by atoms with Gasteiger partial charge in [0.15, 0.2) is 0 Å². The van der Waals surface area contributed by atoms with Crippen LogP contribution >= 0.6 is 12.4 Å². The van der Waals surface area contributed by atoms with E-state index < -0.39 is 11.9 Å². The van der Waals surface area contributed by atoms with Crippen LogP contribution in [0.1, 0.15) is 18.0 Å². The Morgan fingerprint density at radius 3 is 2.53 bits per heavy atom. The molecule has 1 atom stereocenters. The van der Waals surface area contributed by atoms with Gasteiger partial charge in [-0.2, -0.15) is 0 Å². The minimum Gasteiger partial charge on any atom is -0.505 e. The second-order valence-corrected chi connectivity index (χ2v) is 3.12. The first kappa shape index (κ1) is 14.0. The molecule has 0 bridgehead atoms. The molecule has 0 unspecified atom stereocenters. The van der Waals surface area contributed by atoms with E-state index in [9.17, 15) is 9.50 Å². The van der Waals surface area contributed by atoms with Crippen molar-refractivity contribution in [3.8, 4) is 5.75 Å². The fourth-order valence-electron chi connectivity index (χ4n) is 1.26. The molecule has 6 heteroatoms. The molecule has 0 aliphatic heterocycles. The highest BCUT2D eigenvalue weighted by atomic mass is 35.5. The zero-order chi connectivity index (χ0) is 10.7. The van der Waals surface area contributed by atoms with E-state index in [4.69, 9.17) is 17.2 Å². The minimum atomic E-state index is -0.511. The summed E-state index contributed by atoms with van der Waals surface area (Å²) in [4.78, 5) is 0. The van der Waals surface area contributed by atoms with E-state index in [1.807, 2.05) is 0 Å². The minimum absolute atomic E-state index is 0. The van der Waals surface area contributed by atoms with Crippen LogP contribution in [-0.2, 0) is 0 Å². The summed E-state index contributed by atoms with van der Waals surface area (Å²) in [7, 11) is 0. The SMILES string of the molecule is Cl.NCC[C@@H](N)c1cc(F)cc(N)c1O. The maximum Gasteiger partial charge on any atom is 0.143 e. The Hall–Kier alpha value is -1.04. The summed E-state index contributed by atoms with van der Waals surface area (Å²) in [5.74, 6) is -0.671. The van der Waals surface area contributed by atoms with Crippen molar-refractivity contribution in [2.75, 3.05) is 12.3 Å². The fourth-order valence-corrected chi connectivity index (χ4v) is 1.26. The van der Waals surface area contributed by atoms with E-state index in [0.717, 1.165) is 6.07 Å². The molecular formula is C9H15ClFN3O. The molecule has 0 aliphatic rings. The van der Waals surface area contributed by atoms with Gasteiger partial charge >= 0.3 is 0 Å². The lowest BCUT2D eigenvalue weighted by molar-refractivity contribution is 0.459. The van der Waals surface area contributed by atoms with Crippen LogP contribution in [0, 0.1) is 5.82 Å². The van der Waals surface area contributed by atoms with Gasteiger partial charge in [0.05, 0.1) is 5.69 Å². The van der Waals surface area contributed by atoms with Crippen molar-refractivity contribution >= 4 is 18.1 Å². The molecule has 0 fully saturated rings. The molecule has 0 spiro atoms. The summed E-state index contributed by atoms with van der Waals surface area (Å²) in [6, 6.07) is 1.73. The van der Waals surface area contributed by atoms with Crippen LogP contribution in [0.25, 0.3) is 0 Å². The molecule has 0 aliphatic carbocycles. The topological polar surface area (TPSA) is 98.3 Å². The van der Waals surface area contributed by atoms with Crippen molar-refractivity contribution in [2.45, 2.75) is 12.5 Å². The molecule has 7 N–H and O–H groups in total. The third-order valence-corrected chi connectivity index (χ3v) is 2.01. The highest BCUT2D eigenvalue weighted by Crippen LogP contribution is 2.31. The quantitative estimate of drug-likeness (QED) is 0.462. The number of nitrogens with two attached hydrogens (primary N) is 3. The van der Waals surface area contributed by atoms with Crippen LogP contribution in [0.2, 0.25) is 0 Å². The standard InChI is InChI=1S/C9H14FN3O.ClH/c10-5-3-6(7(12)1-2-11)9(14)8(13)4-5;/h3-4,7,14H,1-2,11-13H2;1H/t7-;/m1./s1. The molecule has 1 aromatic carbocycles. The number of anilines is 1. The van der Waals surface area contributed by atoms with Gasteiger partial charge < -0.3 is 22.3 Å². The highest BCUT2D eigenvalue weighted by Gasteiger charge is 2.13. The first-order valence-electron chi connectivity index (χ1n) is 4.29. The average Bonchev–Trinajstić information content (AvgIpc) is 2.11. The van der Waals surface area contributed by atoms with Gasteiger partial charge in [-0.1, -0.05) is 0 Å². The first-order chi connectivity index (χ1) is 6.56. The Balaban J connectivity index is 0.00000196. The smallest absolute Gasteiger partial charge is 0.143 e.